The molecule has 5 heteroatoms. The molecule has 1 amide bonds. The Bertz CT molecular complexity index is 182. The average Bonchev–Trinajstić information content (AvgIpc) is 2.11. The molecule has 0 bridgehead atoms. The van der Waals surface area contributed by atoms with Gasteiger partial charge in [-0.05, 0) is 19.4 Å². The van der Waals surface area contributed by atoms with Gasteiger partial charge in [0.05, 0.1) is 0 Å². The monoisotopic (exact) mass is 188 g/mol. The van der Waals surface area contributed by atoms with Crippen molar-refractivity contribution in [3.8, 4) is 0 Å². The standard InChI is InChI=1S/C8H16N2O3/c1-2-7(11)10-6(8(12)13)4-3-5-9/h6H,2-5,9H2,1H3,(H,10,11)(H,12,13). The Hall–Kier alpha value is -1.10. The van der Waals surface area contributed by atoms with Crippen LogP contribution in [-0.4, -0.2) is 29.6 Å². The number of aliphatic carboxylic acids is 1. The van der Waals surface area contributed by atoms with Crippen molar-refractivity contribution in [2.45, 2.75) is 32.2 Å². The fourth-order valence-corrected chi connectivity index (χ4v) is 0.876. The highest BCUT2D eigenvalue weighted by molar-refractivity contribution is 5.83. The minimum absolute atomic E-state index is 0.246. The first-order chi connectivity index (χ1) is 6.11. The van der Waals surface area contributed by atoms with Crippen molar-refractivity contribution in [2.75, 3.05) is 6.54 Å². The normalized spacial score (nSPS) is 12.2. The molecule has 0 saturated heterocycles. The van der Waals surface area contributed by atoms with Crippen LogP contribution in [0, 0.1) is 0 Å². The second-order valence-electron chi connectivity index (χ2n) is 2.74. The summed E-state index contributed by atoms with van der Waals surface area (Å²) in [5.74, 6) is -1.25. The summed E-state index contributed by atoms with van der Waals surface area (Å²) in [6, 6.07) is -0.795. The molecule has 13 heavy (non-hydrogen) atoms. The molecule has 0 aromatic rings. The van der Waals surface area contributed by atoms with Gasteiger partial charge in [0.25, 0.3) is 0 Å². The van der Waals surface area contributed by atoms with Crippen LogP contribution >= 0.6 is 0 Å². The molecule has 4 N–H and O–H groups in total. The van der Waals surface area contributed by atoms with E-state index in [-0.39, 0.29) is 5.91 Å². The van der Waals surface area contributed by atoms with Gasteiger partial charge >= 0.3 is 5.97 Å². The zero-order chi connectivity index (χ0) is 10.3. The van der Waals surface area contributed by atoms with Crippen LogP contribution in [-0.2, 0) is 9.59 Å². The van der Waals surface area contributed by atoms with Crippen LogP contribution in [0.15, 0.2) is 0 Å². The van der Waals surface area contributed by atoms with Gasteiger partial charge in [0, 0.05) is 6.42 Å². The third-order valence-corrected chi connectivity index (χ3v) is 1.65. The van der Waals surface area contributed by atoms with Gasteiger partial charge in [-0.1, -0.05) is 6.92 Å². The molecular weight excluding hydrogens is 172 g/mol. The zero-order valence-electron chi connectivity index (χ0n) is 7.75. The van der Waals surface area contributed by atoms with Crippen LogP contribution in [0.3, 0.4) is 0 Å². The summed E-state index contributed by atoms with van der Waals surface area (Å²) in [4.78, 5) is 21.5. The molecule has 0 saturated carbocycles. The predicted molar refractivity (Wildman–Crippen MR) is 48.1 cm³/mol. The van der Waals surface area contributed by atoms with E-state index in [0.717, 1.165) is 0 Å². The highest BCUT2D eigenvalue weighted by Gasteiger charge is 2.17. The average molecular weight is 188 g/mol. The van der Waals surface area contributed by atoms with Gasteiger partial charge < -0.3 is 16.2 Å². The summed E-state index contributed by atoms with van der Waals surface area (Å²) in [6.07, 6.45) is 1.28. The van der Waals surface area contributed by atoms with E-state index in [9.17, 15) is 9.59 Å². The first kappa shape index (κ1) is 11.9. The molecule has 0 aromatic heterocycles. The number of carbonyl (C=O) groups is 2. The maximum absolute atomic E-state index is 10.9. The smallest absolute Gasteiger partial charge is 0.326 e. The lowest BCUT2D eigenvalue weighted by Gasteiger charge is -2.12. The van der Waals surface area contributed by atoms with Crippen molar-refractivity contribution in [3.05, 3.63) is 0 Å². The fourth-order valence-electron chi connectivity index (χ4n) is 0.876. The molecule has 1 unspecified atom stereocenters. The van der Waals surface area contributed by atoms with Gasteiger partial charge in [-0.15, -0.1) is 0 Å². The summed E-state index contributed by atoms with van der Waals surface area (Å²) in [6.45, 7) is 2.11. The topological polar surface area (TPSA) is 92.4 Å². The molecule has 76 valence electrons. The second-order valence-corrected chi connectivity index (χ2v) is 2.74. The van der Waals surface area contributed by atoms with Crippen LogP contribution in [0.5, 0.6) is 0 Å². The van der Waals surface area contributed by atoms with E-state index in [1.807, 2.05) is 0 Å². The Morgan fingerprint density at radius 1 is 1.54 bits per heavy atom. The number of rotatable bonds is 6. The maximum atomic E-state index is 10.9. The summed E-state index contributed by atoms with van der Waals surface area (Å²) < 4.78 is 0. The third kappa shape index (κ3) is 5.19. The van der Waals surface area contributed by atoms with Crippen LogP contribution < -0.4 is 11.1 Å². The summed E-state index contributed by atoms with van der Waals surface area (Å²) in [7, 11) is 0. The molecule has 0 aromatic carbocycles. The summed E-state index contributed by atoms with van der Waals surface area (Å²) in [5.41, 5.74) is 5.23. The SMILES string of the molecule is CCC(=O)NC(CCCN)C(=O)O. The Kier molecular flexibility index (Phi) is 5.88. The van der Waals surface area contributed by atoms with E-state index in [2.05, 4.69) is 5.32 Å². The minimum Gasteiger partial charge on any atom is -0.480 e. The van der Waals surface area contributed by atoms with Crippen LogP contribution in [0.4, 0.5) is 0 Å². The summed E-state index contributed by atoms with van der Waals surface area (Å²) in [5, 5.41) is 11.1. The zero-order valence-corrected chi connectivity index (χ0v) is 7.75. The van der Waals surface area contributed by atoms with E-state index in [4.69, 9.17) is 10.8 Å². The molecular formula is C8H16N2O3. The number of hydrogen-bond donors (Lipinski definition) is 3. The third-order valence-electron chi connectivity index (χ3n) is 1.65. The van der Waals surface area contributed by atoms with Crippen molar-refractivity contribution in [1.29, 1.82) is 0 Å². The van der Waals surface area contributed by atoms with E-state index >= 15 is 0 Å². The Morgan fingerprint density at radius 2 is 2.15 bits per heavy atom. The minimum atomic E-state index is -1.00. The molecule has 0 rings (SSSR count). The van der Waals surface area contributed by atoms with E-state index in [1.165, 1.54) is 0 Å². The highest BCUT2D eigenvalue weighted by Crippen LogP contribution is 1.96. The lowest BCUT2D eigenvalue weighted by molar-refractivity contribution is -0.142. The Labute approximate surface area is 77.3 Å². The fraction of sp³-hybridized carbons (Fsp3) is 0.750. The molecule has 0 aliphatic heterocycles. The number of carbonyl (C=O) groups excluding carboxylic acids is 1. The van der Waals surface area contributed by atoms with Gasteiger partial charge in [-0.3, -0.25) is 4.79 Å². The first-order valence-electron chi connectivity index (χ1n) is 4.34. The van der Waals surface area contributed by atoms with Gasteiger partial charge in [0.1, 0.15) is 6.04 Å². The number of carboxylic acid groups (broad SMARTS) is 1. The molecule has 0 aliphatic carbocycles. The molecule has 0 fully saturated rings. The molecule has 0 spiro atoms. The highest BCUT2D eigenvalue weighted by atomic mass is 16.4. The Morgan fingerprint density at radius 3 is 2.54 bits per heavy atom. The molecule has 0 aliphatic rings. The van der Waals surface area contributed by atoms with Gasteiger partial charge in [-0.2, -0.15) is 0 Å². The number of carboxylic acids is 1. The van der Waals surface area contributed by atoms with E-state index < -0.39 is 12.0 Å². The molecule has 0 radical (unpaired) electrons. The second kappa shape index (κ2) is 6.42. The molecule has 0 heterocycles. The first-order valence-corrected chi connectivity index (χ1v) is 4.34. The predicted octanol–water partition coefficient (Wildman–Crippen LogP) is -0.295. The quantitative estimate of drug-likeness (QED) is 0.533. The molecule has 1 atom stereocenters. The van der Waals surface area contributed by atoms with Crippen LogP contribution in [0.25, 0.3) is 0 Å². The van der Waals surface area contributed by atoms with Gasteiger partial charge in [-0.25, -0.2) is 4.79 Å². The van der Waals surface area contributed by atoms with Crippen molar-refractivity contribution in [1.82, 2.24) is 5.32 Å². The van der Waals surface area contributed by atoms with Crippen molar-refractivity contribution >= 4 is 11.9 Å². The summed E-state index contributed by atoms with van der Waals surface area (Å²) >= 11 is 0. The number of amides is 1. The van der Waals surface area contributed by atoms with Gasteiger partial charge in [0.2, 0.25) is 5.91 Å². The van der Waals surface area contributed by atoms with Crippen LogP contribution in [0.1, 0.15) is 26.2 Å². The van der Waals surface area contributed by atoms with Crippen molar-refractivity contribution < 1.29 is 14.7 Å². The largest absolute Gasteiger partial charge is 0.480 e. The Balaban J connectivity index is 3.94. The maximum Gasteiger partial charge on any atom is 0.326 e. The number of hydrogen-bond acceptors (Lipinski definition) is 3. The van der Waals surface area contributed by atoms with Gasteiger partial charge in [0.15, 0.2) is 0 Å². The van der Waals surface area contributed by atoms with Crippen LogP contribution in [0.2, 0.25) is 0 Å². The molecule has 5 nitrogen and oxygen atoms in total. The lowest BCUT2D eigenvalue weighted by atomic mass is 10.1. The number of nitrogens with one attached hydrogen (secondary N) is 1. The van der Waals surface area contributed by atoms with E-state index in [0.29, 0.717) is 25.8 Å². The van der Waals surface area contributed by atoms with E-state index in [1.54, 1.807) is 6.92 Å². The van der Waals surface area contributed by atoms with Crippen molar-refractivity contribution in [2.24, 2.45) is 5.73 Å². The number of nitrogens with two attached hydrogens (primary N) is 1. The lowest BCUT2D eigenvalue weighted by Crippen LogP contribution is -2.40. The van der Waals surface area contributed by atoms with Crippen molar-refractivity contribution in [3.63, 3.8) is 0 Å².